The van der Waals surface area contributed by atoms with Gasteiger partial charge in [-0.1, -0.05) is 54.1 Å². The zero-order chi connectivity index (χ0) is 30.6. The minimum atomic E-state index is -0.350. The van der Waals surface area contributed by atoms with E-state index in [0.29, 0.717) is 29.5 Å². The molecule has 2 heterocycles. The third-order valence-electron chi connectivity index (χ3n) is 7.75. The van der Waals surface area contributed by atoms with Gasteiger partial charge in [-0.25, -0.2) is 5.01 Å². The van der Waals surface area contributed by atoms with Crippen LogP contribution in [0.5, 0.6) is 17.2 Å². The number of carbonyl (C=O) groups excluding carboxylic acids is 1. The van der Waals surface area contributed by atoms with Crippen molar-refractivity contribution in [2.45, 2.75) is 23.9 Å². The standard InChI is InChI=1S/C35H32ClN3O4S/c1-41-26-17-13-24(14-18-26)29-19-31(28-8-6-10-32(42-2)35(28)43-3)39(37-29)34(40)22-44-33-21-38(30-9-5-4-7-27(30)33)20-23-11-15-25(36)16-12-23/h4-18,21,31H,19-20,22H2,1-3H3. The Kier molecular flexibility index (Phi) is 8.82. The SMILES string of the molecule is COc1ccc(C2=NN(C(=O)CSc3cn(Cc4ccc(Cl)cc4)c4ccccc34)C(c3cccc(OC)c3OC)C2)cc1. The molecule has 6 rings (SSSR count). The molecule has 0 aliphatic carbocycles. The molecule has 1 amide bonds. The Morgan fingerprint density at radius 2 is 1.68 bits per heavy atom. The average Bonchev–Trinajstić information content (AvgIpc) is 3.66. The number of benzene rings is 4. The van der Waals surface area contributed by atoms with Crippen LogP contribution in [0.2, 0.25) is 5.02 Å². The molecule has 0 saturated carbocycles. The van der Waals surface area contributed by atoms with Crippen LogP contribution in [0.25, 0.3) is 10.9 Å². The van der Waals surface area contributed by atoms with Gasteiger partial charge in [0.05, 0.1) is 38.8 Å². The summed E-state index contributed by atoms with van der Waals surface area (Å²) in [6, 6.07) is 29.3. The smallest absolute Gasteiger partial charge is 0.253 e. The number of ether oxygens (including phenoxy) is 3. The van der Waals surface area contributed by atoms with Gasteiger partial charge < -0.3 is 18.8 Å². The van der Waals surface area contributed by atoms with Crippen LogP contribution in [0.4, 0.5) is 0 Å². The highest BCUT2D eigenvalue weighted by Crippen LogP contribution is 2.42. The Labute approximate surface area is 266 Å². The van der Waals surface area contributed by atoms with E-state index in [1.165, 1.54) is 11.8 Å². The molecule has 1 atom stereocenters. The summed E-state index contributed by atoms with van der Waals surface area (Å²) < 4.78 is 18.9. The van der Waals surface area contributed by atoms with Crippen molar-refractivity contribution in [1.82, 2.24) is 9.58 Å². The molecule has 7 nitrogen and oxygen atoms in total. The molecule has 0 spiro atoms. The minimum Gasteiger partial charge on any atom is -0.497 e. The first-order valence-electron chi connectivity index (χ1n) is 14.2. The van der Waals surface area contributed by atoms with Gasteiger partial charge in [0.15, 0.2) is 11.5 Å². The number of hydrogen-bond acceptors (Lipinski definition) is 6. The normalized spacial score (nSPS) is 14.5. The molecule has 224 valence electrons. The fourth-order valence-electron chi connectivity index (χ4n) is 5.57. The molecule has 1 aromatic heterocycles. The third-order valence-corrected chi connectivity index (χ3v) is 9.03. The summed E-state index contributed by atoms with van der Waals surface area (Å²) in [6.45, 7) is 0.700. The van der Waals surface area contributed by atoms with E-state index in [9.17, 15) is 4.79 Å². The van der Waals surface area contributed by atoms with Crippen LogP contribution in [-0.4, -0.2) is 48.3 Å². The lowest BCUT2D eigenvalue weighted by Crippen LogP contribution is -2.28. The molecule has 9 heteroatoms. The Balaban J connectivity index is 1.29. The highest BCUT2D eigenvalue weighted by molar-refractivity contribution is 8.00. The van der Waals surface area contributed by atoms with Crippen molar-refractivity contribution < 1.29 is 19.0 Å². The summed E-state index contributed by atoms with van der Waals surface area (Å²) in [5.41, 5.74) is 4.86. The van der Waals surface area contributed by atoms with Crippen molar-refractivity contribution in [2.24, 2.45) is 5.10 Å². The Morgan fingerprint density at radius 1 is 0.909 bits per heavy atom. The molecule has 1 aliphatic heterocycles. The molecule has 0 radical (unpaired) electrons. The molecule has 1 aliphatic rings. The maximum Gasteiger partial charge on any atom is 0.253 e. The lowest BCUT2D eigenvalue weighted by molar-refractivity contribution is -0.130. The van der Waals surface area contributed by atoms with Crippen LogP contribution in [0, 0.1) is 0 Å². The van der Waals surface area contributed by atoms with E-state index < -0.39 is 0 Å². The zero-order valence-corrected chi connectivity index (χ0v) is 26.3. The fourth-order valence-corrected chi connectivity index (χ4v) is 6.63. The number of fused-ring (bicyclic) bond motifs is 1. The van der Waals surface area contributed by atoms with Gasteiger partial charge in [0.2, 0.25) is 0 Å². The predicted octanol–water partition coefficient (Wildman–Crippen LogP) is 7.84. The summed E-state index contributed by atoms with van der Waals surface area (Å²) in [5.74, 6) is 2.10. The second-order valence-corrected chi connectivity index (χ2v) is 11.8. The monoisotopic (exact) mass is 625 g/mol. The molecule has 4 aromatic carbocycles. The van der Waals surface area contributed by atoms with Gasteiger partial charge in [-0.15, -0.1) is 11.8 Å². The number of nitrogens with zero attached hydrogens (tertiary/aromatic N) is 3. The minimum absolute atomic E-state index is 0.0945. The van der Waals surface area contributed by atoms with Crippen molar-refractivity contribution in [1.29, 1.82) is 0 Å². The van der Waals surface area contributed by atoms with Gasteiger partial charge >= 0.3 is 0 Å². The summed E-state index contributed by atoms with van der Waals surface area (Å²) in [5, 5.41) is 8.31. The summed E-state index contributed by atoms with van der Waals surface area (Å²) >= 11 is 7.62. The largest absolute Gasteiger partial charge is 0.497 e. The zero-order valence-electron chi connectivity index (χ0n) is 24.7. The van der Waals surface area contributed by atoms with E-state index in [2.05, 4.69) is 22.9 Å². The van der Waals surface area contributed by atoms with Gasteiger partial charge in [0, 0.05) is 45.5 Å². The number of aromatic nitrogens is 1. The summed E-state index contributed by atoms with van der Waals surface area (Å²) in [7, 11) is 4.86. The quantitative estimate of drug-likeness (QED) is 0.148. The van der Waals surface area contributed by atoms with E-state index in [1.54, 1.807) is 26.3 Å². The summed E-state index contributed by atoms with van der Waals surface area (Å²) in [6.07, 6.45) is 2.66. The molecular weight excluding hydrogens is 594 g/mol. The van der Waals surface area contributed by atoms with Crippen LogP contribution < -0.4 is 14.2 Å². The van der Waals surface area contributed by atoms with Gasteiger partial charge in [-0.05, 0) is 59.7 Å². The van der Waals surface area contributed by atoms with E-state index >= 15 is 0 Å². The van der Waals surface area contributed by atoms with Crippen LogP contribution >= 0.6 is 23.4 Å². The number of methoxy groups -OCH3 is 3. The van der Waals surface area contributed by atoms with E-state index in [1.807, 2.05) is 78.9 Å². The van der Waals surface area contributed by atoms with Gasteiger partial charge in [0.25, 0.3) is 5.91 Å². The van der Waals surface area contributed by atoms with Crippen molar-refractivity contribution in [3.8, 4) is 17.2 Å². The van der Waals surface area contributed by atoms with Crippen LogP contribution in [0.15, 0.2) is 107 Å². The molecular formula is C35H32ClN3O4S. The first-order chi connectivity index (χ1) is 21.5. The third kappa shape index (κ3) is 6.00. The molecule has 5 aromatic rings. The van der Waals surface area contributed by atoms with Crippen molar-refractivity contribution in [2.75, 3.05) is 27.1 Å². The molecule has 44 heavy (non-hydrogen) atoms. The average molecular weight is 626 g/mol. The van der Waals surface area contributed by atoms with E-state index in [0.717, 1.165) is 43.9 Å². The second-order valence-electron chi connectivity index (χ2n) is 10.4. The molecule has 0 N–H and O–H groups in total. The Bertz CT molecular complexity index is 1820. The highest BCUT2D eigenvalue weighted by atomic mass is 35.5. The maximum atomic E-state index is 14.0. The fraction of sp³-hybridized carbons (Fsp3) is 0.200. The summed E-state index contributed by atoms with van der Waals surface area (Å²) in [4.78, 5) is 15.0. The van der Waals surface area contributed by atoms with Crippen LogP contribution in [0.1, 0.15) is 29.2 Å². The van der Waals surface area contributed by atoms with Gasteiger partial charge in [-0.2, -0.15) is 5.10 Å². The highest BCUT2D eigenvalue weighted by Gasteiger charge is 2.35. The Hall–Kier alpha value is -4.40. The van der Waals surface area contributed by atoms with Crippen molar-refractivity contribution in [3.63, 3.8) is 0 Å². The lowest BCUT2D eigenvalue weighted by atomic mass is 9.97. The first-order valence-corrected chi connectivity index (χ1v) is 15.6. The number of carbonyl (C=O) groups is 1. The lowest BCUT2D eigenvalue weighted by Gasteiger charge is -2.24. The number of thioether (sulfide) groups is 1. The van der Waals surface area contributed by atoms with Crippen LogP contribution in [-0.2, 0) is 11.3 Å². The molecule has 0 fully saturated rings. The van der Waals surface area contributed by atoms with E-state index in [4.69, 9.17) is 30.9 Å². The predicted molar refractivity (Wildman–Crippen MR) is 176 cm³/mol. The maximum absolute atomic E-state index is 14.0. The molecule has 1 unspecified atom stereocenters. The van der Waals surface area contributed by atoms with Crippen molar-refractivity contribution >= 4 is 45.9 Å². The number of para-hydroxylation sites is 2. The number of amides is 1. The first kappa shape index (κ1) is 29.7. The molecule has 0 saturated heterocycles. The number of hydrogen-bond donors (Lipinski definition) is 0. The number of halogens is 1. The van der Waals surface area contributed by atoms with Gasteiger partial charge in [0.1, 0.15) is 5.75 Å². The van der Waals surface area contributed by atoms with Crippen molar-refractivity contribution in [3.05, 3.63) is 119 Å². The molecule has 0 bridgehead atoms. The second kappa shape index (κ2) is 13.1. The van der Waals surface area contributed by atoms with Crippen LogP contribution in [0.3, 0.4) is 0 Å². The number of rotatable bonds is 10. The topological polar surface area (TPSA) is 65.3 Å². The number of hydrazone groups is 1. The van der Waals surface area contributed by atoms with E-state index in [-0.39, 0.29) is 17.7 Å². The Morgan fingerprint density at radius 3 is 2.41 bits per heavy atom. The van der Waals surface area contributed by atoms with Gasteiger partial charge in [-0.3, -0.25) is 4.79 Å².